The average molecular weight is 474 g/mol. The van der Waals surface area contributed by atoms with Crippen LogP contribution in [0.4, 0.5) is 0 Å². The first kappa shape index (κ1) is 19.3. The lowest BCUT2D eigenvalue weighted by atomic mass is 10.1. The predicted molar refractivity (Wildman–Crippen MR) is 121 cm³/mol. The number of hydrogen-bond donors (Lipinski definition) is 0. The second kappa shape index (κ2) is 7.56. The highest BCUT2D eigenvalue weighted by atomic mass is 79.9. The Labute approximate surface area is 186 Å². The van der Waals surface area contributed by atoms with Gasteiger partial charge in [-0.3, -0.25) is 4.79 Å². The van der Waals surface area contributed by atoms with Crippen LogP contribution in [0.3, 0.4) is 0 Å². The van der Waals surface area contributed by atoms with E-state index < -0.39 is 5.97 Å². The number of ether oxygens (including phenoxy) is 2. The molecule has 0 atom stereocenters. The summed E-state index contributed by atoms with van der Waals surface area (Å²) in [6.07, 6.45) is 3.71. The molecule has 31 heavy (non-hydrogen) atoms. The molecule has 4 aromatic rings. The lowest BCUT2D eigenvalue weighted by Crippen LogP contribution is -2.09. The summed E-state index contributed by atoms with van der Waals surface area (Å²) in [6.45, 7) is 0. The van der Waals surface area contributed by atoms with Crippen molar-refractivity contribution in [2.45, 2.75) is 0 Å². The van der Waals surface area contributed by atoms with Crippen LogP contribution in [-0.2, 0) is 7.05 Å². The number of hydrogen-bond acceptors (Lipinski definition) is 4. The molecular formula is C25H16BrNO4. The molecule has 2 heterocycles. The first-order valence-corrected chi connectivity index (χ1v) is 10.4. The second-order valence-corrected chi connectivity index (χ2v) is 8.03. The van der Waals surface area contributed by atoms with E-state index in [9.17, 15) is 9.59 Å². The molecule has 0 spiro atoms. The smallest absolute Gasteiger partial charge is 0.344 e. The largest absolute Gasteiger partial charge is 0.452 e. The number of nitrogens with zero attached hydrogens (tertiary/aromatic N) is 1. The van der Waals surface area contributed by atoms with Gasteiger partial charge in [-0.2, -0.15) is 0 Å². The predicted octanol–water partition coefficient (Wildman–Crippen LogP) is 5.78. The lowest BCUT2D eigenvalue weighted by Gasteiger charge is -2.06. The minimum Gasteiger partial charge on any atom is -0.452 e. The summed E-state index contributed by atoms with van der Waals surface area (Å²) in [5.41, 5.74) is 2.82. The molecule has 0 amide bonds. The first-order chi connectivity index (χ1) is 15.0. The van der Waals surface area contributed by atoms with Gasteiger partial charge in [-0.05, 0) is 52.3 Å². The van der Waals surface area contributed by atoms with E-state index in [4.69, 9.17) is 9.47 Å². The highest BCUT2D eigenvalue weighted by molar-refractivity contribution is 9.10. The molecule has 0 bridgehead atoms. The van der Waals surface area contributed by atoms with Gasteiger partial charge in [0.05, 0.1) is 11.1 Å². The Bertz CT molecular complexity index is 1400. The maximum absolute atomic E-state index is 12.8. The minimum absolute atomic E-state index is 0.202. The Morgan fingerprint density at radius 2 is 1.84 bits per heavy atom. The van der Waals surface area contributed by atoms with Crippen molar-refractivity contribution in [3.63, 3.8) is 0 Å². The number of Topliss-reactive ketones (excluding diaryl/α,β-unsaturated/α-hetero) is 1. The number of carbonyl (C=O) groups excluding carboxylic acids is 2. The zero-order valence-corrected chi connectivity index (χ0v) is 18.0. The number of para-hydroxylation sites is 1. The number of aryl methyl sites for hydroxylation is 1. The quantitative estimate of drug-likeness (QED) is 0.215. The zero-order chi connectivity index (χ0) is 21.5. The molecule has 152 valence electrons. The van der Waals surface area contributed by atoms with Gasteiger partial charge in [-0.15, -0.1) is 0 Å². The summed E-state index contributed by atoms with van der Waals surface area (Å²) in [7, 11) is 1.96. The Kier molecular flexibility index (Phi) is 4.71. The number of carbonyl (C=O) groups is 2. The van der Waals surface area contributed by atoms with Crippen molar-refractivity contribution in [3.05, 3.63) is 99.8 Å². The van der Waals surface area contributed by atoms with Crippen LogP contribution < -0.4 is 9.47 Å². The standard InChI is InChI=1S/C25H16BrNO4/c1-27-14-15(17-6-3-5-9-21(17)27)12-23-24(28)19-11-10-16(13-22(19)31-23)30-25(29)18-7-2-4-8-20(18)26/h2-14H,1H3. The van der Waals surface area contributed by atoms with Gasteiger partial charge in [0.25, 0.3) is 0 Å². The molecule has 3 aromatic carbocycles. The third kappa shape index (κ3) is 3.45. The summed E-state index contributed by atoms with van der Waals surface area (Å²) in [4.78, 5) is 25.3. The molecule has 5 nitrogen and oxygen atoms in total. The number of benzene rings is 3. The van der Waals surface area contributed by atoms with Gasteiger partial charge < -0.3 is 14.0 Å². The van der Waals surface area contributed by atoms with Gasteiger partial charge in [0.1, 0.15) is 11.5 Å². The van der Waals surface area contributed by atoms with Crippen LogP contribution in [0.15, 0.2) is 83.2 Å². The van der Waals surface area contributed by atoms with Crippen LogP contribution in [0, 0.1) is 0 Å². The zero-order valence-electron chi connectivity index (χ0n) is 16.5. The molecule has 0 fully saturated rings. The SMILES string of the molecule is Cn1cc(C=C2Oc3cc(OC(=O)c4ccccc4Br)ccc3C2=O)c2ccccc21. The van der Waals surface area contributed by atoms with Crippen LogP contribution in [0.25, 0.3) is 17.0 Å². The van der Waals surface area contributed by atoms with Crippen molar-refractivity contribution < 1.29 is 19.1 Å². The van der Waals surface area contributed by atoms with Gasteiger partial charge in [0, 0.05) is 40.2 Å². The molecule has 0 aliphatic carbocycles. The van der Waals surface area contributed by atoms with Gasteiger partial charge in [-0.25, -0.2) is 4.79 Å². The van der Waals surface area contributed by atoms with Gasteiger partial charge in [-0.1, -0.05) is 30.3 Å². The number of allylic oxidation sites excluding steroid dienone is 1. The molecular weight excluding hydrogens is 458 g/mol. The van der Waals surface area contributed by atoms with E-state index in [0.29, 0.717) is 27.1 Å². The van der Waals surface area contributed by atoms with E-state index in [0.717, 1.165) is 16.5 Å². The molecule has 1 aliphatic heterocycles. The van der Waals surface area contributed by atoms with Crippen LogP contribution in [0.2, 0.25) is 0 Å². The van der Waals surface area contributed by atoms with Crippen molar-refractivity contribution in [2.24, 2.45) is 7.05 Å². The molecule has 0 unspecified atom stereocenters. The van der Waals surface area contributed by atoms with Gasteiger partial charge >= 0.3 is 5.97 Å². The van der Waals surface area contributed by atoms with E-state index in [2.05, 4.69) is 15.9 Å². The fourth-order valence-corrected chi connectivity index (χ4v) is 4.10. The topological polar surface area (TPSA) is 57.5 Å². The van der Waals surface area contributed by atoms with Crippen LogP contribution in [0.1, 0.15) is 26.3 Å². The number of aromatic nitrogens is 1. The van der Waals surface area contributed by atoms with Gasteiger partial charge in [0.15, 0.2) is 5.76 Å². The van der Waals surface area contributed by atoms with E-state index in [-0.39, 0.29) is 11.5 Å². The molecule has 1 aliphatic rings. The number of ketones is 1. The Hall–Kier alpha value is -3.64. The van der Waals surface area contributed by atoms with E-state index in [1.165, 1.54) is 0 Å². The summed E-state index contributed by atoms with van der Waals surface area (Å²) in [5, 5.41) is 1.04. The molecule has 0 radical (unpaired) electrons. The molecule has 0 saturated carbocycles. The van der Waals surface area contributed by atoms with Gasteiger partial charge in [0.2, 0.25) is 5.78 Å². The second-order valence-electron chi connectivity index (χ2n) is 7.18. The summed E-state index contributed by atoms with van der Waals surface area (Å²) >= 11 is 3.35. The molecule has 0 N–H and O–H groups in total. The lowest BCUT2D eigenvalue weighted by molar-refractivity contribution is 0.0733. The monoisotopic (exact) mass is 473 g/mol. The highest BCUT2D eigenvalue weighted by Gasteiger charge is 2.28. The number of esters is 1. The molecule has 1 aromatic heterocycles. The van der Waals surface area contributed by atoms with Crippen LogP contribution >= 0.6 is 15.9 Å². The van der Waals surface area contributed by atoms with E-state index in [1.807, 2.05) is 48.1 Å². The highest BCUT2D eigenvalue weighted by Crippen LogP contribution is 2.36. The van der Waals surface area contributed by atoms with Crippen LogP contribution in [0.5, 0.6) is 11.5 Å². The number of halogens is 1. The van der Waals surface area contributed by atoms with Crippen LogP contribution in [-0.4, -0.2) is 16.3 Å². The first-order valence-electron chi connectivity index (χ1n) is 9.60. The maximum atomic E-state index is 12.8. The van der Waals surface area contributed by atoms with Crippen molar-refractivity contribution in [3.8, 4) is 11.5 Å². The summed E-state index contributed by atoms with van der Waals surface area (Å²) in [5.74, 6) is 0.211. The Morgan fingerprint density at radius 1 is 1.06 bits per heavy atom. The average Bonchev–Trinajstić information content (AvgIpc) is 3.25. The Morgan fingerprint density at radius 3 is 2.68 bits per heavy atom. The minimum atomic E-state index is -0.497. The fraction of sp³-hybridized carbons (Fsp3) is 0.0400. The summed E-state index contributed by atoms with van der Waals surface area (Å²) in [6, 6.07) is 19.8. The summed E-state index contributed by atoms with van der Waals surface area (Å²) < 4.78 is 14.0. The van der Waals surface area contributed by atoms with E-state index in [1.54, 1.807) is 42.5 Å². The van der Waals surface area contributed by atoms with Crippen molar-refractivity contribution in [2.75, 3.05) is 0 Å². The van der Waals surface area contributed by atoms with Crippen molar-refractivity contribution in [1.29, 1.82) is 0 Å². The normalized spacial score (nSPS) is 14.0. The van der Waals surface area contributed by atoms with Crippen molar-refractivity contribution >= 4 is 44.7 Å². The number of fused-ring (bicyclic) bond motifs is 2. The molecule has 5 rings (SSSR count). The molecule has 6 heteroatoms. The third-order valence-corrected chi connectivity index (χ3v) is 5.85. The Balaban J connectivity index is 1.43. The molecule has 0 saturated heterocycles. The fourth-order valence-electron chi connectivity index (χ4n) is 3.65. The maximum Gasteiger partial charge on any atom is 0.344 e. The third-order valence-electron chi connectivity index (χ3n) is 5.16. The van der Waals surface area contributed by atoms with Crippen molar-refractivity contribution in [1.82, 2.24) is 4.57 Å². The number of rotatable bonds is 3. The van der Waals surface area contributed by atoms with E-state index >= 15 is 0 Å².